The van der Waals surface area contributed by atoms with E-state index in [9.17, 15) is 27.7 Å². The van der Waals surface area contributed by atoms with E-state index in [2.05, 4.69) is 60.6 Å². The molecule has 1 unspecified atom stereocenters. The van der Waals surface area contributed by atoms with Crippen molar-refractivity contribution in [3.63, 3.8) is 0 Å². The molecule has 1 aromatic rings. The van der Waals surface area contributed by atoms with Crippen molar-refractivity contribution in [2.45, 2.75) is 95.2 Å². The number of anilines is 1. The van der Waals surface area contributed by atoms with E-state index >= 15 is 0 Å². The summed E-state index contributed by atoms with van der Waals surface area (Å²) in [6.45, 7) is 15.3. The van der Waals surface area contributed by atoms with Crippen LogP contribution < -0.4 is 14.8 Å². The van der Waals surface area contributed by atoms with Crippen molar-refractivity contribution < 1.29 is 55.9 Å². The smallest absolute Gasteiger partial charge is 0.294 e. The summed E-state index contributed by atoms with van der Waals surface area (Å²) < 4.78 is 65.1. The molecule has 1 saturated heterocycles. The number of carbonyl (C=O) groups excluding carboxylic acids is 2. The molecule has 2 N–H and O–H groups in total. The van der Waals surface area contributed by atoms with Crippen LogP contribution >= 0.6 is 0 Å². The monoisotopic (exact) mass is 882 g/mol. The molecule has 4 aliphatic rings. The first-order valence-corrected chi connectivity index (χ1v) is 22.7. The average molecular weight is 883 g/mol. The minimum atomic E-state index is -4.44. The Morgan fingerprint density at radius 1 is 0.887 bits per heavy atom. The van der Waals surface area contributed by atoms with E-state index in [1.807, 2.05) is 26.0 Å². The number of unbranched alkanes of at least 4 members (excludes halogenated alkanes) is 2. The van der Waals surface area contributed by atoms with Crippen LogP contribution in [0.15, 0.2) is 69.6 Å². The predicted molar refractivity (Wildman–Crippen MR) is 235 cm³/mol. The SMILES string of the molecule is COCCOCC[N+](CCOCCOC)=c1ccc2c(/C=C/C=C3/N(CCCCCC(O)ON4C(=O)CCC4=O)c4ccc(S(=O)(=O)O)cc4C3(C)C)cc(C(C)(C)C)oc-2c1. The van der Waals surface area contributed by atoms with Gasteiger partial charge in [-0.3, -0.25) is 14.1 Å². The molecule has 1 aromatic carbocycles. The van der Waals surface area contributed by atoms with Crippen molar-refractivity contribution in [2.24, 2.45) is 0 Å². The summed E-state index contributed by atoms with van der Waals surface area (Å²) in [6.07, 6.45) is 7.21. The molecule has 1 aliphatic carbocycles. The van der Waals surface area contributed by atoms with Crippen molar-refractivity contribution in [1.29, 1.82) is 0 Å². The predicted octanol–water partition coefficient (Wildman–Crippen LogP) is 5.68. The fourth-order valence-electron chi connectivity index (χ4n) is 7.53. The Labute approximate surface area is 365 Å². The summed E-state index contributed by atoms with van der Waals surface area (Å²) in [4.78, 5) is 31.0. The Kier molecular flexibility index (Phi) is 17.2. The second-order valence-electron chi connectivity index (χ2n) is 17.0. The van der Waals surface area contributed by atoms with E-state index in [0.717, 1.165) is 45.0 Å². The number of carbonyl (C=O) groups is 2. The number of hydroxylamine groups is 2. The van der Waals surface area contributed by atoms with E-state index in [4.69, 9.17) is 28.2 Å². The number of hydrogen-bond acceptors (Lipinski definition) is 12. The van der Waals surface area contributed by atoms with Gasteiger partial charge in [-0.25, -0.2) is 9.41 Å². The molecule has 2 amide bonds. The zero-order valence-corrected chi connectivity index (χ0v) is 38.0. The molecular formula is C46H64N3O12S+. The quantitative estimate of drug-likeness (QED) is 0.0392. The lowest BCUT2D eigenvalue weighted by Crippen LogP contribution is -2.36. The van der Waals surface area contributed by atoms with Gasteiger partial charge in [0, 0.05) is 73.9 Å². The van der Waals surface area contributed by atoms with Crippen LogP contribution in [0.4, 0.5) is 5.69 Å². The van der Waals surface area contributed by atoms with Gasteiger partial charge in [-0.15, -0.1) is 0 Å². The number of imide groups is 1. The lowest BCUT2D eigenvalue weighted by Gasteiger charge is -2.27. The van der Waals surface area contributed by atoms with E-state index in [0.29, 0.717) is 83.6 Å². The molecular weight excluding hydrogens is 819 g/mol. The highest BCUT2D eigenvalue weighted by Crippen LogP contribution is 2.48. The van der Waals surface area contributed by atoms with Gasteiger partial charge in [-0.1, -0.05) is 53.2 Å². The van der Waals surface area contributed by atoms with Crippen LogP contribution in [0, 0.1) is 0 Å². The molecule has 1 atom stereocenters. The van der Waals surface area contributed by atoms with Gasteiger partial charge in [-0.05, 0) is 60.4 Å². The third-order valence-corrected chi connectivity index (χ3v) is 11.9. The number of methoxy groups -OCH3 is 2. The second kappa shape index (κ2) is 21.9. The van der Waals surface area contributed by atoms with Crippen molar-refractivity contribution in [3.05, 3.63) is 82.6 Å². The maximum atomic E-state index is 12.2. The molecule has 3 heterocycles. The first kappa shape index (κ1) is 48.8. The molecule has 0 aromatic heterocycles. The Hall–Kier alpha value is -4.26. The van der Waals surface area contributed by atoms with Gasteiger partial charge in [0.1, 0.15) is 24.7 Å². The molecule has 16 heteroatoms. The fraction of sp³-hybridized carbons (Fsp3) is 0.543. The maximum Gasteiger partial charge on any atom is 0.294 e. The molecule has 5 rings (SSSR count). The minimum absolute atomic E-state index is 0.0750. The van der Waals surface area contributed by atoms with E-state index in [1.54, 1.807) is 20.3 Å². The number of benzene rings is 2. The maximum absolute atomic E-state index is 12.2. The van der Waals surface area contributed by atoms with Crippen LogP contribution in [0.2, 0.25) is 0 Å². The summed E-state index contributed by atoms with van der Waals surface area (Å²) in [5.41, 5.74) is 3.49. The van der Waals surface area contributed by atoms with E-state index in [1.165, 1.54) is 12.1 Å². The van der Waals surface area contributed by atoms with Gasteiger partial charge in [-0.2, -0.15) is 13.5 Å². The zero-order chi connectivity index (χ0) is 45.1. The van der Waals surface area contributed by atoms with Gasteiger partial charge in [0.05, 0.1) is 37.4 Å². The third kappa shape index (κ3) is 12.7. The Bertz CT molecular complexity index is 2190. The fourth-order valence-corrected chi connectivity index (χ4v) is 8.03. The standard InChI is InChI=1S/C46H63N3O12S/c1-45(2,3)41-30-33(36-17-15-34(31-39(36)60-41)47(22-24-58-28-26-56-6)23-25-59-29-27-57-7)12-11-13-40-46(4,5)37-32-35(62(53,54)55)16-18-38(37)48(40)21-10-8-9-14-44(52)61-49-42(50)19-20-43(49)51/h11-13,15-18,30-32,44,52H,8-10,14,19-29H2,1-7H3/p+1. The minimum Gasteiger partial charge on any atom is -0.460 e. The molecule has 1 fully saturated rings. The molecule has 0 bridgehead atoms. The van der Waals surface area contributed by atoms with Gasteiger partial charge in [0.25, 0.3) is 21.9 Å². The number of fused-ring (bicyclic) bond motifs is 2. The first-order valence-electron chi connectivity index (χ1n) is 21.2. The van der Waals surface area contributed by atoms with Gasteiger partial charge in [0.15, 0.2) is 19.4 Å². The van der Waals surface area contributed by atoms with Gasteiger partial charge >= 0.3 is 0 Å². The van der Waals surface area contributed by atoms with Crippen molar-refractivity contribution >= 4 is 33.7 Å². The van der Waals surface area contributed by atoms with Crippen LogP contribution in [-0.4, -0.2) is 115 Å². The highest BCUT2D eigenvalue weighted by atomic mass is 32.2. The number of allylic oxidation sites excluding steroid dienone is 3. The lowest BCUT2D eigenvalue weighted by molar-refractivity contribution is -0.245. The largest absolute Gasteiger partial charge is 0.460 e. The zero-order valence-electron chi connectivity index (χ0n) is 37.2. The molecule has 15 nitrogen and oxygen atoms in total. The number of nitrogens with zero attached hydrogens (tertiary/aromatic N) is 3. The van der Waals surface area contributed by atoms with Crippen LogP contribution in [0.1, 0.15) is 90.0 Å². The normalized spacial score (nSPS) is 16.7. The molecule has 0 radical (unpaired) electrons. The van der Waals surface area contributed by atoms with Crippen LogP contribution in [0.5, 0.6) is 0 Å². The number of hydrogen-bond donors (Lipinski definition) is 2. The molecule has 0 spiro atoms. The molecule has 0 saturated carbocycles. The topological polar surface area (TPSA) is 178 Å². The van der Waals surface area contributed by atoms with Crippen molar-refractivity contribution in [3.8, 4) is 11.3 Å². The highest BCUT2D eigenvalue weighted by Gasteiger charge is 2.40. The summed E-state index contributed by atoms with van der Waals surface area (Å²) in [7, 11) is -1.14. The van der Waals surface area contributed by atoms with Crippen molar-refractivity contribution in [2.75, 3.05) is 78.4 Å². The number of aliphatic hydroxyl groups is 1. The number of ether oxygens (including phenoxy) is 4. The van der Waals surface area contributed by atoms with E-state index in [-0.39, 0.29) is 29.6 Å². The Morgan fingerprint density at radius 2 is 1.55 bits per heavy atom. The Balaban J connectivity index is 1.44. The lowest BCUT2D eigenvalue weighted by atomic mass is 9.83. The summed E-state index contributed by atoms with van der Waals surface area (Å²) in [5, 5.41) is 12.0. The third-order valence-electron chi connectivity index (χ3n) is 11.0. The Morgan fingerprint density at radius 3 is 2.16 bits per heavy atom. The summed E-state index contributed by atoms with van der Waals surface area (Å²) in [5.74, 6) is 0.635. The molecule has 3 aliphatic heterocycles. The van der Waals surface area contributed by atoms with Crippen molar-refractivity contribution in [1.82, 2.24) is 9.64 Å². The molecule has 62 heavy (non-hydrogen) atoms. The number of aliphatic hydroxyl groups excluding tert-OH is 1. The van der Waals surface area contributed by atoms with Gasteiger partial charge < -0.3 is 33.4 Å². The number of amides is 2. The second-order valence-corrected chi connectivity index (χ2v) is 18.4. The molecule has 340 valence electrons. The van der Waals surface area contributed by atoms with Crippen LogP contribution in [0.25, 0.3) is 17.4 Å². The van der Waals surface area contributed by atoms with Crippen LogP contribution in [-0.2, 0) is 54.3 Å². The van der Waals surface area contributed by atoms with Crippen LogP contribution in [0.3, 0.4) is 0 Å². The first-order chi connectivity index (χ1) is 29.4. The van der Waals surface area contributed by atoms with Gasteiger partial charge in [0.2, 0.25) is 5.36 Å². The average Bonchev–Trinajstić information content (AvgIpc) is 3.64. The summed E-state index contributed by atoms with van der Waals surface area (Å²) in [6, 6.07) is 13.0. The van der Waals surface area contributed by atoms with E-state index < -0.39 is 33.6 Å². The number of rotatable bonds is 23. The summed E-state index contributed by atoms with van der Waals surface area (Å²) >= 11 is 0. The highest BCUT2D eigenvalue weighted by molar-refractivity contribution is 7.85.